The molecule has 0 radical (unpaired) electrons. The lowest BCUT2D eigenvalue weighted by Gasteiger charge is -2.10. The molecule has 0 aliphatic rings. The standard InChI is InChI=1S/C15H13BrClNO2/c1-20-14-6-5-12(17)9-13(14)18-15(19)8-10-3-2-4-11(16)7-10/h2-7,9H,8H2,1H3,(H,18,19). The number of amides is 1. The molecule has 104 valence electrons. The van der Waals surface area contributed by atoms with Crippen molar-refractivity contribution in [2.24, 2.45) is 0 Å². The van der Waals surface area contributed by atoms with Gasteiger partial charge in [0, 0.05) is 9.50 Å². The number of methoxy groups -OCH3 is 1. The van der Waals surface area contributed by atoms with Gasteiger partial charge in [-0.3, -0.25) is 4.79 Å². The van der Waals surface area contributed by atoms with Crippen LogP contribution in [0.2, 0.25) is 5.02 Å². The number of carbonyl (C=O) groups is 1. The van der Waals surface area contributed by atoms with Crippen molar-refractivity contribution in [3.05, 3.63) is 57.5 Å². The molecule has 0 aliphatic carbocycles. The van der Waals surface area contributed by atoms with Crippen molar-refractivity contribution in [3.8, 4) is 5.75 Å². The molecule has 0 unspecified atom stereocenters. The van der Waals surface area contributed by atoms with Gasteiger partial charge in [0.05, 0.1) is 19.2 Å². The summed E-state index contributed by atoms with van der Waals surface area (Å²) in [5.41, 5.74) is 1.50. The van der Waals surface area contributed by atoms with Crippen molar-refractivity contribution in [3.63, 3.8) is 0 Å². The number of ether oxygens (including phenoxy) is 1. The van der Waals surface area contributed by atoms with E-state index in [1.54, 1.807) is 25.3 Å². The molecule has 2 aromatic carbocycles. The van der Waals surface area contributed by atoms with E-state index in [0.29, 0.717) is 16.5 Å². The molecule has 0 fully saturated rings. The summed E-state index contributed by atoms with van der Waals surface area (Å²) >= 11 is 9.31. The van der Waals surface area contributed by atoms with Crippen molar-refractivity contribution in [2.75, 3.05) is 12.4 Å². The molecule has 0 heterocycles. The van der Waals surface area contributed by atoms with Crippen LogP contribution in [0, 0.1) is 0 Å². The lowest BCUT2D eigenvalue weighted by Crippen LogP contribution is -2.15. The van der Waals surface area contributed by atoms with Crippen LogP contribution in [0.5, 0.6) is 5.75 Å². The number of anilines is 1. The molecule has 0 aromatic heterocycles. The maximum Gasteiger partial charge on any atom is 0.228 e. The van der Waals surface area contributed by atoms with Crippen molar-refractivity contribution in [2.45, 2.75) is 6.42 Å². The molecule has 3 nitrogen and oxygen atoms in total. The van der Waals surface area contributed by atoms with E-state index in [0.717, 1.165) is 10.0 Å². The number of carbonyl (C=O) groups excluding carboxylic acids is 1. The number of nitrogens with one attached hydrogen (secondary N) is 1. The SMILES string of the molecule is COc1ccc(Cl)cc1NC(=O)Cc1cccc(Br)c1. The Kier molecular flexibility index (Phi) is 5.04. The number of benzene rings is 2. The number of hydrogen-bond donors (Lipinski definition) is 1. The summed E-state index contributed by atoms with van der Waals surface area (Å²) in [5.74, 6) is 0.459. The predicted molar refractivity (Wildman–Crippen MR) is 84.5 cm³/mol. The summed E-state index contributed by atoms with van der Waals surface area (Å²) in [7, 11) is 1.55. The number of halogens is 2. The Morgan fingerprint density at radius 3 is 2.80 bits per heavy atom. The minimum atomic E-state index is -0.122. The van der Waals surface area contributed by atoms with Crippen molar-refractivity contribution in [1.29, 1.82) is 0 Å². The van der Waals surface area contributed by atoms with Crippen molar-refractivity contribution >= 4 is 39.1 Å². The van der Waals surface area contributed by atoms with Gasteiger partial charge in [-0.2, -0.15) is 0 Å². The van der Waals surface area contributed by atoms with Gasteiger partial charge in [-0.1, -0.05) is 39.7 Å². The maximum absolute atomic E-state index is 12.0. The fourth-order valence-corrected chi connectivity index (χ4v) is 2.42. The van der Waals surface area contributed by atoms with Gasteiger partial charge in [-0.25, -0.2) is 0 Å². The molecule has 0 aliphatic heterocycles. The zero-order valence-electron chi connectivity index (χ0n) is 10.8. The van der Waals surface area contributed by atoms with Crippen LogP contribution in [-0.4, -0.2) is 13.0 Å². The Hall–Kier alpha value is -1.52. The molecule has 0 atom stereocenters. The predicted octanol–water partition coefficient (Wildman–Crippen LogP) is 4.29. The van der Waals surface area contributed by atoms with E-state index in [1.807, 2.05) is 24.3 Å². The van der Waals surface area contributed by atoms with Gasteiger partial charge in [0.15, 0.2) is 0 Å². The largest absolute Gasteiger partial charge is 0.495 e. The molecule has 2 aromatic rings. The van der Waals surface area contributed by atoms with Crippen LogP contribution in [0.15, 0.2) is 46.9 Å². The zero-order valence-corrected chi connectivity index (χ0v) is 13.2. The third-order valence-corrected chi connectivity index (χ3v) is 3.42. The zero-order chi connectivity index (χ0) is 14.5. The lowest BCUT2D eigenvalue weighted by molar-refractivity contribution is -0.115. The van der Waals surface area contributed by atoms with Crippen LogP contribution in [0.25, 0.3) is 0 Å². The highest BCUT2D eigenvalue weighted by atomic mass is 79.9. The fraction of sp³-hybridized carbons (Fsp3) is 0.133. The summed E-state index contributed by atoms with van der Waals surface area (Å²) in [6.07, 6.45) is 0.287. The molecule has 1 N–H and O–H groups in total. The van der Waals surface area contributed by atoms with E-state index in [9.17, 15) is 4.79 Å². The normalized spacial score (nSPS) is 10.2. The van der Waals surface area contributed by atoms with E-state index in [4.69, 9.17) is 16.3 Å². The summed E-state index contributed by atoms with van der Waals surface area (Å²) in [4.78, 5) is 12.0. The molecule has 0 saturated heterocycles. The molecule has 0 bridgehead atoms. The molecule has 0 spiro atoms. The highest BCUT2D eigenvalue weighted by Crippen LogP contribution is 2.27. The molecule has 20 heavy (non-hydrogen) atoms. The van der Waals surface area contributed by atoms with Gasteiger partial charge >= 0.3 is 0 Å². The van der Waals surface area contributed by atoms with Crippen LogP contribution in [0.4, 0.5) is 5.69 Å². The third kappa shape index (κ3) is 3.99. The van der Waals surface area contributed by atoms with E-state index in [2.05, 4.69) is 21.2 Å². The Labute approximate surface area is 131 Å². The van der Waals surface area contributed by atoms with Crippen LogP contribution in [0.1, 0.15) is 5.56 Å². The van der Waals surface area contributed by atoms with Crippen LogP contribution >= 0.6 is 27.5 Å². The van der Waals surface area contributed by atoms with Crippen LogP contribution in [-0.2, 0) is 11.2 Å². The number of hydrogen-bond acceptors (Lipinski definition) is 2. The molecule has 0 saturated carbocycles. The maximum atomic E-state index is 12.0. The average molecular weight is 355 g/mol. The average Bonchev–Trinajstić information content (AvgIpc) is 2.38. The summed E-state index contributed by atoms with van der Waals surface area (Å²) in [6.45, 7) is 0. The Morgan fingerprint density at radius 2 is 2.10 bits per heavy atom. The van der Waals surface area contributed by atoms with Crippen LogP contribution in [0.3, 0.4) is 0 Å². The Bertz CT molecular complexity index is 631. The quantitative estimate of drug-likeness (QED) is 0.889. The summed E-state index contributed by atoms with van der Waals surface area (Å²) < 4.78 is 6.14. The Morgan fingerprint density at radius 1 is 1.30 bits per heavy atom. The number of rotatable bonds is 4. The van der Waals surface area contributed by atoms with Crippen molar-refractivity contribution in [1.82, 2.24) is 0 Å². The van der Waals surface area contributed by atoms with Gasteiger partial charge in [0.25, 0.3) is 0 Å². The van der Waals surface area contributed by atoms with Gasteiger partial charge in [0.1, 0.15) is 5.75 Å². The molecule has 1 amide bonds. The highest BCUT2D eigenvalue weighted by molar-refractivity contribution is 9.10. The van der Waals surface area contributed by atoms with E-state index >= 15 is 0 Å². The lowest BCUT2D eigenvalue weighted by atomic mass is 10.1. The first-order chi connectivity index (χ1) is 9.58. The van der Waals surface area contributed by atoms with Gasteiger partial charge in [0.2, 0.25) is 5.91 Å². The summed E-state index contributed by atoms with van der Waals surface area (Å²) in [6, 6.07) is 12.7. The van der Waals surface area contributed by atoms with Gasteiger partial charge in [-0.05, 0) is 35.9 Å². The monoisotopic (exact) mass is 353 g/mol. The molecule has 5 heteroatoms. The second kappa shape index (κ2) is 6.77. The summed E-state index contributed by atoms with van der Waals surface area (Å²) in [5, 5.41) is 3.35. The highest BCUT2D eigenvalue weighted by Gasteiger charge is 2.09. The van der Waals surface area contributed by atoms with Gasteiger partial charge < -0.3 is 10.1 Å². The van der Waals surface area contributed by atoms with E-state index in [-0.39, 0.29) is 12.3 Å². The minimum Gasteiger partial charge on any atom is -0.495 e. The second-order valence-electron chi connectivity index (χ2n) is 4.20. The Balaban J connectivity index is 2.10. The fourth-order valence-electron chi connectivity index (χ4n) is 1.80. The minimum absolute atomic E-state index is 0.122. The first kappa shape index (κ1) is 14.9. The molecular formula is C15H13BrClNO2. The second-order valence-corrected chi connectivity index (χ2v) is 5.55. The van der Waals surface area contributed by atoms with E-state index in [1.165, 1.54) is 0 Å². The van der Waals surface area contributed by atoms with Crippen LogP contribution < -0.4 is 10.1 Å². The third-order valence-electron chi connectivity index (χ3n) is 2.69. The topological polar surface area (TPSA) is 38.3 Å². The molecular weight excluding hydrogens is 342 g/mol. The molecule has 2 rings (SSSR count). The van der Waals surface area contributed by atoms with Gasteiger partial charge in [-0.15, -0.1) is 0 Å². The van der Waals surface area contributed by atoms with Crippen molar-refractivity contribution < 1.29 is 9.53 Å². The van der Waals surface area contributed by atoms with E-state index < -0.39 is 0 Å². The first-order valence-corrected chi connectivity index (χ1v) is 7.13. The smallest absolute Gasteiger partial charge is 0.228 e. The first-order valence-electron chi connectivity index (χ1n) is 5.96.